The van der Waals surface area contributed by atoms with Gasteiger partial charge in [-0.1, -0.05) is 49.3 Å². The third-order valence-electron chi connectivity index (χ3n) is 5.20. The number of alkyl halides is 3. The summed E-state index contributed by atoms with van der Waals surface area (Å²) in [5.74, 6) is -0.177. The van der Waals surface area contributed by atoms with Crippen LogP contribution in [0.15, 0.2) is 40.9 Å². The number of fused-ring (bicyclic) bond motifs is 1. The number of nitrogens with one attached hydrogen (secondary N) is 1. The van der Waals surface area contributed by atoms with Crippen LogP contribution in [-0.2, 0) is 18.0 Å². The molecule has 0 aliphatic heterocycles. The van der Waals surface area contributed by atoms with Gasteiger partial charge in [-0.3, -0.25) is 4.79 Å². The van der Waals surface area contributed by atoms with Gasteiger partial charge in [-0.05, 0) is 6.92 Å². The van der Waals surface area contributed by atoms with Gasteiger partial charge >= 0.3 is 6.18 Å². The van der Waals surface area contributed by atoms with E-state index in [0.29, 0.717) is 11.4 Å². The lowest BCUT2D eigenvalue weighted by Gasteiger charge is -2.13. The van der Waals surface area contributed by atoms with Gasteiger partial charge in [-0.25, -0.2) is 4.68 Å². The maximum absolute atomic E-state index is 14.0. The van der Waals surface area contributed by atoms with Crippen molar-refractivity contribution in [1.82, 2.24) is 30.2 Å². The molecule has 35 heavy (non-hydrogen) atoms. The van der Waals surface area contributed by atoms with Crippen LogP contribution >= 0.6 is 0 Å². The summed E-state index contributed by atoms with van der Waals surface area (Å²) in [6.45, 7) is 4.88. The molecule has 0 aliphatic rings. The Labute approximate surface area is 198 Å². The summed E-state index contributed by atoms with van der Waals surface area (Å²) in [6, 6.07) is 8.70. The van der Waals surface area contributed by atoms with Crippen molar-refractivity contribution in [2.75, 3.05) is 6.61 Å². The maximum Gasteiger partial charge on any atom is 0.417 e. The minimum Gasteiger partial charge on any atom is -0.467 e. The van der Waals surface area contributed by atoms with Crippen LogP contribution < -0.4 is 10.1 Å². The number of aromatic nitrogens is 5. The molecule has 1 unspecified atom stereocenters. The van der Waals surface area contributed by atoms with Gasteiger partial charge < -0.3 is 14.6 Å². The van der Waals surface area contributed by atoms with Crippen molar-refractivity contribution in [1.29, 1.82) is 0 Å². The number of halogens is 3. The number of carbonyl (C=O) groups is 1. The zero-order chi connectivity index (χ0) is 25.3. The number of amides is 1. The van der Waals surface area contributed by atoms with Crippen LogP contribution in [0.2, 0.25) is 0 Å². The van der Waals surface area contributed by atoms with Crippen molar-refractivity contribution in [2.24, 2.45) is 7.05 Å². The third-order valence-corrected chi connectivity index (χ3v) is 5.20. The van der Waals surface area contributed by atoms with Crippen LogP contribution in [0.1, 0.15) is 50.0 Å². The zero-order valence-corrected chi connectivity index (χ0v) is 19.4. The number of pyridine rings is 1. The minimum absolute atomic E-state index is 0.0190. The van der Waals surface area contributed by atoms with Crippen LogP contribution in [-0.4, -0.2) is 37.4 Å². The van der Waals surface area contributed by atoms with Gasteiger partial charge in [-0.15, -0.1) is 0 Å². The number of aryl methyl sites for hydroxylation is 1. The van der Waals surface area contributed by atoms with Crippen molar-refractivity contribution in [3.63, 3.8) is 0 Å². The van der Waals surface area contributed by atoms with E-state index in [4.69, 9.17) is 9.26 Å². The molecule has 0 fully saturated rings. The Bertz CT molecular complexity index is 1350. The minimum atomic E-state index is -4.70. The molecular weight excluding hydrogens is 465 g/mol. The number of hydrogen-bond acceptors (Lipinski definition) is 7. The van der Waals surface area contributed by atoms with E-state index >= 15 is 0 Å². The molecule has 9 nitrogen and oxygen atoms in total. The highest BCUT2D eigenvalue weighted by atomic mass is 19.4. The first-order valence-electron chi connectivity index (χ1n) is 10.8. The monoisotopic (exact) mass is 488 g/mol. The van der Waals surface area contributed by atoms with Gasteiger partial charge in [0.15, 0.2) is 18.1 Å². The highest BCUT2D eigenvalue weighted by molar-refractivity contribution is 5.94. The molecule has 0 radical (unpaired) electrons. The number of ether oxygens (including phenoxy) is 1. The molecule has 0 aliphatic carbocycles. The third kappa shape index (κ3) is 5.10. The molecule has 4 rings (SSSR count). The average molecular weight is 488 g/mol. The highest BCUT2D eigenvalue weighted by Gasteiger charge is 2.36. The quantitative estimate of drug-likeness (QED) is 0.410. The fourth-order valence-electron chi connectivity index (χ4n) is 3.46. The Morgan fingerprint density at radius 3 is 2.51 bits per heavy atom. The molecule has 0 bridgehead atoms. The van der Waals surface area contributed by atoms with Crippen molar-refractivity contribution in [2.45, 2.75) is 38.9 Å². The van der Waals surface area contributed by atoms with Gasteiger partial charge in [-0.2, -0.15) is 28.2 Å². The second kappa shape index (κ2) is 9.35. The SMILES string of the molecule is CC(C)c1noc(C(C)NC(=O)COc2cc(C(F)(F)F)c3c(-c4ccccc4)nn(C)c3n2)n1. The number of hydrogen-bond donors (Lipinski definition) is 1. The molecule has 3 aromatic heterocycles. The predicted octanol–water partition coefficient (Wildman–Crippen LogP) is 4.42. The summed E-state index contributed by atoms with van der Waals surface area (Å²) >= 11 is 0. The molecule has 1 N–H and O–H groups in total. The lowest BCUT2D eigenvalue weighted by molar-refractivity contribution is -0.136. The number of nitrogens with zero attached hydrogens (tertiary/aromatic N) is 5. The summed E-state index contributed by atoms with van der Waals surface area (Å²) in [7, 11) is 1.50. The highest BCUT2D eigenvalue weighted by Crippen LogP contribution is 2.40. The van der Waals surface area contributed by atoms with Crippen molar-refractivity contribution >= 4 is 16.9 Å². The molecule has 184 valence electrons. The topological polar surface area (TPSA) is 108 Å². The second-order valence-corrected chi connectivity index (χ2v) is 8.27. The molecule has 0 spiro atoms. The fourth-order valence-corrected chi connectivity index (χ4v) is 3.46. The molecule has 1 amide bonds. The number of rotatable bonds is 7. The Balaban J connectivity index is 1.57. The van der Waals surface area contributed by atoms with Gasteiger partial charge in [0.2, 0.25) is 11.8 Å². The summed E-state index contributed by atoms with van der Waals surface area (Å²) in [6.07, 6.45) is -4.70. The number of carbonyl (C=O) groups excluding carboxylic acids is 1. The average Bonchev–Trinajstić information content (AvgIpc) is 3.43. The van der Waals surface area contributed by atoms with Crippen LogP contribution in [0.5, 0.6) is 5.88 Å². The van der Waals surface area contributed by atoms with Crippen molar-refractivity contribution in [3.8, 4) is 17.1 Å². The first-order chi connectivity index (χ1) is 16.5. The van der Waals surface area contributed by atoms with E-state index in [1.807, 2.05) is 13.8 Å². The van der Waals surface area contributed by atoms with Crippen LogP contribution in [0.3, 0.4) is 0 Å². The first kappa shape index (κ1) is 24.2. The van der Waals surface area contributed by atoms with Crippen molar-refractivity contribution < 1.29 is 27.2 Å². The van der Waals surface area contributed by atoms with E-state index in [1.54, 1.807) is 37.3 Å². The van der Waals surface area contributed by atoms with Crippen LogP contribution in [0.25, 0.3) is 22.3 Å². The Kier molecular flexibility index (Phi) is 6.46. The van der Waals surface area contributed by atoms with Crippen LogP contribution in [0, 0.1) is 0 Å². The Hall–Kier alpha value is -3.96. The maximum atomic E-state index is 14.0. The van der Waals surface area contributed by atoms with E-state index in [1.165, 1.54) is 11.7 Å². The molecule has 1 aromatic carbocycles. The Morgan fingerprint density at radius 1 is 1.17 bits per heavy atom. The number of benzene rings is 1. The molecule has 12 heteroatoms. The largest absolute Gasteiger partial charge is 0.467 e. The molecule has 0 saturated carbocycles. The van der Waals surface area contributed by atoms with E-state index in [0.717, 1.165) is 6.07 Å². The van der Waals surface area contributed by atoms with Crippen molar-refractivity contribution in [3.05, 3.63) is 53.7 Å². The predicted molar refractivity (Wildman–Crippen MR) is 119 cm³/mol. The molecule has 3 heterocycles. The van der Waals surface area contributed by atoms with Crippen LogP contribution in [0.4, 0.5) is 13.2 Å². The summed E-state index contributed by atoms with van der Waals surface area (Å²) in [5.41, 5.74) is -0.296. The second-order valence-electron chi connectivity index (χ2n) is 8.27. The first-order valence-corrected chi connectivity index (χ1v) is 10.8. The van der Waals surface area contributed by atoms with E-state index in [-0.39, 0.29) is 34.4 Å². The lowest BCUT2D eigenvalue weighted by atomic mass is 10.0. The Morgan fingerprint density at radius 2 is 1.89 bits per heavy atom. The summed E-state index contributed by atoms with van der Waals surface area (Å²) in [5, 5.41) is 10.6. The standard InChI is InChI=1S/C23H23F3N6O3/c1-12(2)20-29-22(35-31-20)13(3)27-16(33)11-34-17-10-15(23(24,25)26)18-19(14-8-6-5-7-9-14)30-32(4)21(18)28-17/h5-10,12-13H,11H2,1-4H3,(H,27,33). The zero-order valence-electron chi connectivity index (χ0n) is 19.4. The molecule has 4 aromatic rings. The van der Waals surface area contributed by atoms with Gasteiger partial charge in [0.1, 0.15) is 11.7 Å². The molecule has 0 saturated heterocycles. The fraction of sp³-hybridized carbons (Fsp3) is 0.348. The van der Waals surface area contributed by atoms with E-state index < -0.39 is 30.3 Å². The smallest absolute Gasteiger partial charge is 0.417 e. The summed E-state index contributed by atoms with van der Waals surface area (Å²) in [4.78, 5) is 20.7. The van der Waals surface area contributed by atoms with E-state index in [2.05, 4.69) is 25.5 Å². The summed E-state index contributed by atoms with van der Waals surface area (Å²) < 4.78 is 53.7. The van der Waals surface area contributed by atoms with E-state index in [9.17, 15) is 18.0 Å². The lowest BCUT2D eigenvalue weighted by Crippen LogP contribution is -2.31. The molecule has 1 atom stereocenters. The van der Waals surface area contributed by atoms with Gasteiger partial charge in [0.05, 0.1) is 10.9 Å². The van der Waals surface area contributed by atoms with Gasteiger partial charge in [0, 0.05) is 24.6 Å². The molecular formula is C23H23F3N6O3. The normalized spacial score (nSPS) is 12.8. The van der Waals surface area contributed by atoms with Gasteiger partial charge in [0.25, 0.3) is 5.91 Å².